The molecule has 0 amide bonds. The molecule has 0 bridgehead atoms. The van der Waals surface area contributed by atoms with E-state index in [4.69, 9.17) is 0 Å². The first-order chi connectivity index (χ1) is 9.04. The highest BCUT2D eigenvalue weighted by Crippen LogP contribution is 2.11. The molecule has 2 rings (SSSR count). The van der Waals surface area contributed by atoms with Gasteiger partial charge in [-0.3, -0.25) is 10.1 Å². The van der Waals surface area contributed by atoms with Crippen LogP contribution in [0.5, 0.6) is 0 Å². The molecule has 0 aliphatic heterocycles. The average molecular weight is 340 g/mol. The van der Waals surface area contributed by atoms with E-state index in [1.54, 1.807) is 24.3 Å². The first-order valence-corrected chi connectivity index (χ1v) is 6.33. The van der Waals surface area contributed by atoms with Crippen LogP contribution >= 0.6 is 0 Å². The zero-order chi connectivity index (χ0) is 13.8. The van der Waals surface area contributed by atoms with Gasteiger partial charge in [0.05, 0.1) is 11.5 Å². The Morgan fingerprint density at radius 1 is 1.30 bits per heavy atom. The van der Waals surface area contributed by atoms with Crippen LogP contribution in [0.25, 0.3) is 0 Å². The number of hydrogen-bond donors (Lipinski definition) is 0. The molecule has 1 aromatic carbocycles. The van der Waals surface area contributed by atoms with Gasteiger partial charge in [0.2, 0.25) is 6.33 Å². The van der Waals surface area contributed by atoms with E-state index in [0.717, 1.165) is 18.7 Å². The number of benzene rings is 1. The molecule has 108 valence electrons. The number of nitro benzene ring substituents is 1. The Kier molecular flexibility index (Phi) is 5.88. The molecular formula is C14H18BrN3O2. The molecule has 0 radical (unpaired) electrons. The van der Waals surface area contributed by atoms with Crippen molar-refractivity contribution in [3.63, 3.8) is 0 Å². The van der Waals surface area contributed by atoms with Crippen molar-refractivity contribution in [2.24, 2.45) is 5.92 Å². The maximum absolute atomic E-state index is 10.6. The van der Waals surface area contributed by atoms with Crippen LogP contribution in [0.4, 0.5) is 5.69 Å². The van der Waals surface area contributed by atoms with Gasteiger partial charge in [0, 0.05) is 12.1 Å². The van der Waals surface area contributed by atoms with E-state index in [9.17, 15) is 10.1 Å². The Morgan fingerprint density at radius 2 is 1.95 bits per heavy atom. The Morgan fingerprint density at radius 3 is 2.50 bits per heavy atom. The van der Waals surface area contributed by atoms with Gasteiger partial charge < -0.3 is 17.0 Å². The predicted molar refractivity (Wildman–Crippen MR) is 71.7 cm³/mol. The Labute approximate surface area is 128 Å². The minimum absolute atomic E-state index is 0. The van der Waals surface area contributed by atoms with Crippen LogP contribution in [-0.4, -0.2) is 9.49 Å². The van der Waals surface area contributed by atoms with Gasteiger partial charge in [0.25, 0.3) is 5.69 Å². The van der Waals surface area contributed by atoms with E-state index in [-0.39, 0.29) is 27.6 Å². The van der Waals surface area contributed by atoms with E-state index < -0.39 is 0 Å². The molecular weight excluding hydrogens is 322 g/mol. The first-order valence-electron chi connectivity index (χ1n) is 6.33. The summed E-state index contributed by atoms with van der Waals surface area (Å²) in [6.45, 7) is 6.08. The molecule has 6 heteroatoms. The highest BCUT2D eigenvalue weighted by atomic mass is 79.9. The van der Waals surface area contributed by atoms with Gasteiger partial charge in [0.15, 0.2) is 0 Å². The quantitative estimate of drug-likeness (QED) is 0.414. The standard InChI is InChI=1S/C14H18N3O2.BrH/c1-12(2)9-15-7-8-16(11-15)10-13-3-5-14(6-4-13)17(18)19;/h3-8,11-12H,9-10H2,1-2H3;1H/q+1;/p-1. The van der Waals surface area contributed by atoms with Gasteiger partial charge in [-0.15, -0.1) is 0 Å². The lowest BCUT2D eigenvalue weighted by atomic mass is 10.2. The van der Waals surface area contributed by atoms with Crippen LogP contribution in [0.15, 0.2) is 43.0 Å². The van der Waals surface area contributed by atoms with Crippen molar-refractivity contribution in [2.75, 3.05) is 0 Å². The van der Waals surface area contributed by atoms with Crippen LogP contribution in [0.2, 0.25) is 0 Å². The van der Waals surface area contributed by atoms with Gasteiger partial charge in [-0.25, -0.2) is 9.13 Å². The summed E-state index contributed by atoms with van der Waals surface area (Å²) in [6.07, 6.45) is 6.12. The second-order valence-corrected chi connectivity index (χ2v) is 5.10. The van der Waals surface area contributed by atoms with Crippen molar-refractivity contribution < 1.29 is 26.5 Å². The molecule has 2 aromatic rings. The van der Waals surface area contributed by atoms with Crippen LogP contribution in [-0.2, 0) is 13.1 Å². The van der Waals surface area contributed by atoms with Crippen molar-refractivity contribution in [1.29, 1.82) is 0 Å². The van der Waals surface area contributed by atoms with Crippen molar-refractivity contribution in [3.8, 4) is 0 Å². The maximum Gasteiger partial charge on any atom is 0.269 e. The van der Waals surface area contributed by atoms with E-state index in [1.807, 2.05) is 12.4 Å². The van der Waals surface area contributed by atoms with Crippen molar-refractivity contribution in [2.45, 2.75) is 26.9 Å². The number of halogens is 1. The Bertz CT molecular complexity index is 564. The fourth-order valence-corrected chi connectivity index (χ4v) is 2.00. The van der Waals surface area contributed by atoms with E-state index in [2.05, 4.69) is 29.3 Å². The fraction of sp³-hybridized carbons (Fsp3) is 0.357. The maximum atomic E-state index is 10.6. The lowest BCUT2D eigenvalue weighted by molar-refractivity contribution is -0.687. The summed E-state index contributed by atoms with van der Waals surface area (Å²) in [5.41, 5.74) is 1.18. The minimum Gasteiger partial charge on any atom is -1.00 e. The normalized spacial score (nSPS) is 10.3. The number of rotatable bonds is 5. The summed E-state index contributed by atoms with van der Waals surface area (Å²) >= 11 is 0. The molecule has 0 N–H and O–H groups in total. The molecule has 0 unspecified atom stereocenters. The van der Waals surface area contributed by atoms with Crippen LogP contribution in [0.1, 0.15) is 19.4 Å². The summed E-state index contributed by atoms with van der Waals surface area (Å²) in [7, 11) is 0. The van der Waals surface area contributed by atoms with E-state index in [1.165, 1.54) is 0 Å². The van der Waals surface area contributed by atoms with Gasteiger partial charge in [-0.2, -0.15) is 0 Å². The van der Waals surface area contributed by atoms with Crippen molar-refractivity contribution in [1.82, 2.24) is 4.57 Å². The van der Waals surface area contributed by atoms with Gasteiger partial charge in [-0.1, -0.05) is 13.8 Å². The van der Waals surface area contributed by atoms with Gasteiger partial charge in [-0.05, 0) is 23.6 Å². The lowest BCUT2D eigenvalue weighted by Crippen LogP contribution is -3.00. The zero-order valence-corrected chi connectivity index (χ0v) is 13.2. The highest BCUT2D eigenvalue weighted by molar-refractivity contribution is 5.32. The summed E-state index contributed by atoms with van der Waals surface area (Å²) in [6, 6.07) is 6.68. The number of hydrogen-bond acceptors (Lipinski definition) is 2. The molecule has 0 aliphatic rings. The highest BCUT2D eigenvalue weighted by Gasteiger charge is 2.08. The third-order valence-electron chi connectivity index (χ3n) is 2.83. The third kappa shape index (κ3) is 4.45. The van der Waals surface area contributed by atoms with Crippen LogP contribution in [0, 0.1) is 16.0 Å². The molecule has 5 nitrogen and oxygen atoms in total. The third-order valence-corrected chi connectivity index (χ3v) is 2.83. The molecule has 0 saturated carbocycles. The summed E-state index contributed by atoms with van der Waals surface area (Å²) in [4.78, 5) is 10.2. The van der Waals surface area contributed by atoms with E-state index >= 15 is 0 Å². The lowest BCUT2D eigenvalue weighted by Gasteiger charge is -1.99. The molecule has 0 aliphatic carbocycles. The fourth-order valence-electron chi connectivity index (χ4n) is 2.00. The Balaban J connectivity index is 0.00000200. The number of imidazole rings is 1. The second kappa shape index (κ2) is 7.19. The molecule has 0 fully saturated rings. The Hall–Kier alpha value is -1.69. The van der Waals surface area contributed by atoms with Crippen molar-refractivity contribution >= 4 is 5.69 Å². The molecule has 0 spiro atoms. The minimum atomic E-state index is -0.379. The monoisotopic (exact) mass is 339 g/mol. The number of nitrogens with zero attached hydrogens (tertiary/aromatic N) is 3. The number of nitro groups is 1. The zero-order valence-electron chi connectivity index (χ0n) is 11.6. The molecule has 0 saturated heterocycles. The summed E-state index contributed by atoms with van der Waals surface area (Å²) in [5.74, 6) is 0.611. The largest absolute Gasteiger partial charge is 1.00 e. The van der Waals surface area contributed by atoms with Gasteiger partial charge >= 0.3 is 0 Å². The van der Waals surface area contributed by atoms with Crippen LogP contribution < -0.4 is 21.5 Å². The predicted octanol–water partition coefficient (Wildman–Crippen LogP) is -0.608. The van der Waals surface area contributed by atoms with Crippen molar-refractivity contribution in [3.05, 3.63) is 58.7 Å². The SMILES string of the molecule is CC(C)Cn1cc[n+](Cc2ccc([N+](=O)[O-])cc2)c1.[Br-]. The average Bonchev–Trinajstić information content (AvgIpc) is 2.76. The van der Waals surface area contributed by atoms with E-state index in [0.29, 0.717) is 5.92 Å². The number of aromatic nitrogens is 2. The molecule has 1 aromatic heterocycles. The first kappa shape index (κ1) is 16.4. The van der Waals surface area contributed by atoms with Gasteiger partial charge in [0.1, 0.15) is 18.9 Å². The summed E-state index contributed by atoms with van der Waals surface area (Å²) < 4.78 is 4.22. The number of non-ortho nitro benzene ring substituents is 1. The topological polar surface area (TPSA) is 52.0 Å². The summed E-state index contributed by atoms with van der Waals surface area (Å²) in [5, 5.41) is 10.6. The molecule has 20 heavy (non-hydrogen) atoms. The molecule has 1 heterocycles. The molecule has 0 atom stereocenters. The smallest absolute Gasteiger partial charge is 0.269 e. The second-order valence-electron chi connectivity index (χ2n) is 5.10. The van der Waals surface area contributed by atoms with Crippen LogP contribution in [0.3, 0.4) is 0 Å².